The van der Waals surface area contributed by atoms with E-state index in [0.29, 0.717) is 17.7 Å². The molecule has 0 bridgehead atoms. The van der Waals surface area contributed by atoms with E-state index in [1.165, 1.54) is 4.90 Å². The molecular formula is C19H21F3N4O4. The van der Waals surface area contributed by atoms with E-state index in [1.54, 1.807) is 41.4 Å². The van der Waals surface area contributed by atoms with Crippen LogP contribution in [-0.4, -0.2) is 60.0 Å². The summed E-state index contributed by atoms with van der Waals surface area (Å²) < 4.78 is 36.3. The molecule has 2 aliphatic rings. The predicted octanol–water partition coefficient (Wildman–Crippen LogP) is 1.17. The summed E-state index contributed by atoms with van der Waals surface area (Å²) in [6, 6.07) is 6.74. The van der Waals surface area contributed by atoms with Crippen LogP contribution in [-0.2, 0) is 14.4 Å². The van der Waals surface area contributed by atoms with Gasteiger partial charge in [-0.15, -0.1) is 0 Å². The summed E-state index contributed by atoms with van der Waals surface area (Å²) >= 11 is 0. The lowest BCUT2D eigenvalue weighted by Gasteiger charge is -2.48. The Balaban J connectivity index is 1.62. The van der Waals surface area contributed by atoms with Crippen molar-refractivity contribution in [1.29, 1.82) is 0 Å². The maximum atomic E-state index is 13.0. The first-order chi connectivity index (χ1) is 14.0. The van der Waals surface area contributed by atoms with Gasteiger partial charge in [-0.1, -0.05) is 12.1 Å². The topological polar surface area (TPSA) is 98.8 Å². The molecule has 0 unspecified atom stereocenters. The van der Waals surface area contributed by atoms with Crippen molar-refractivity contribution >= 4 is 29.3 Å². The predicted molar refractivity (Wildman–Crippen MR) is 99.3 cm³/mol. The number of rotatable bonds is 6. The Morgan fingerprint density at radius 1 is 1.13 bits per heavy atom. The van der Waals surface area contributed by atoms with Gasteiger partial charge in [-0.25, -0.2) is 0 Å². The van der Waals surface area contributed by atoms with Crippen LogP contribution in [0, 0.1) is 0 Å². The zero-order valence-corrected chi connectivity index (χ0v) is 16.2. The van der Waals surface area contributed by atoms with E-state index in [0.717, 1.165) is 0 Å². The number of amides is 4. The molecule has 11 heteroatoms. The van der Waals surface area contributed by atoms with Gasteiger partial charge >= 0.3 is 6.18 Å². The number of fused-ring (bicyclic) bond motifs is 3. The number of hydrogen-bond donors (Lipinski definition) is 2. The fraction of sp³-hybridized carbons (Fsp3) is 0.474. The second-order valence-corrected chi connectivity index (χ2v) is 7.34. The van der Waals surface area contributed by atoms with Crippen LogP contribution >= 0.6 is 0 Å². The number of para-hydroxylation sites is 1. The summed E-state index contributed by atoms with van der Waals surface area (Å²) in [6.45, 7) is -0.336. The van der Waals surface area contributed by atoms with Gasteiger partial charge in [0, 0.05) is 19.4 Å². The molecule has 1 aromatic rings. The van der Waals surface area contributed by atoms with Crippen molar-refractivity contribution < 1.29 is 32.3 Å². The van der Waals surface area contributed by atoms with Crippen LogP contribution in [0.2, 0.25) is 0 Å². The molecule has 0 radical (unpaired) electrons. The van der Waals surface area contributed by atoms with E-state index in [9.17, 15) is 32.3 Å². The van der Waals surface area contributed by atoms with Crippen LogP contribution in [0.3, 0.4) is 0 Å². The maximum Gasteiger partial charge on any atom is 0.405 e. The van der Waals surface area contributed by atoms with Crippen LogP contribution in [0.5, 0.6) is 0 Å². The van der Waals surface area contributed by atoms with Gasteiger partial charge in [0.15, 0.2) is 0 Å². The molecule has 1 aromatic carbocycles. The molecule has 2 N–H and O–H groups in total. The lowest BCUT2D eigenvalue weighted by atomic mass is 9.98. The van der Waals surface area contributed by atoms with Crippen molar-refractivity contribution in [3.8, 4) is 0 Å². The molecule has 2 aliphatic heterocycles. The average Bonchev–Trinajstić information content (AvgIpc) is 2.99. The second-order valence-electron chi connectivity index (χ2n) is 7.34. The molecule has 0 saturated carbocycles. The van der Waals surface area contributed by atoms with Gasteiger partial charge in [0.1, 0.15) is 12.2 Å². The lowest BCUT2D eigenvalue weighted by molar-refractivity contribution is -0.138. The van der Waals surface area contributed by atoms with E-state index < -0.39 is 36.7 Å². The van der Waals surface area contributed by atoms with Crippen molar-refractivity contribution in [3.05, 3.63) is 29.8 Å². The van der Waals surface area contributed by atoms with E-state index in [4.69, 9.17) is 0 Å². The van der Waals surface area contributed by atoms with Gasteiger partial charge in [-0.3, -0.25) is 24.1 Å². The fourth-order valence-electron chi connectivity index (χ4n) is 3.78. The summed E-state index contributed by atoms with van der Waals surface area (Å²) in [5.74, 6) is -1.99. The maximum absolute atomic E-state index is 13.0. The largest absolute Gasteiger partial charge is 0.405 e. The Morgan fingerprint density at radius 3 is 2.53 bits per heavy atom. The number of carbonyl (C=O) groups excluding carboxylic acids is 4. The Morgan fingerprint density at radius 2 is 1.83 bits per heavy atom. The van der Waals surface area contributed by atoms with Crippen molar-refractivity contribution in [3.63, 3.8) is 0 Å². The molecule has 0 aromatic heterocycles. The highest BCUT2D eigenvalue weighted by atomic mass is 19.4. The van der Waals surface area contributed by atoms with E-state index in [2.05, 4.69) is 5.32 Å². The molecule has 0 aliphatic carbocycles. The quantitative estimate of drug-likeness (QED) is 0.714. The minimum Gasteiger partial charge on any atom is -0.347 e. The zero-order valence-electron chi connectivity index (χ0n) is 16.2. The Hall–Kier alpha value is -3.11. The summed E-state index contributed by atoms with van der Waals surface area (Å²) in [6.07, 6.45) is -4.03. The number of hydrogen-bond acceptors (Lipinski definition) is 4. The highest BCUT2D eigenvalue weighted by molar-refractivity contribution is 6.10. The third-order valence-electron chi connectivity index (χ3n) is 5.24. The number of nitrogens with one attached hydrogen (secondary N) is 2. The number of benzene rings is 1. The first-order valence-electron chi connectivity index (χ1n) is 9.37. The fourth-order valence-corrected chi connectivity index (χ4v) is 3.78. The number of alkyl halides is 3. The average molecular weight is 426 g/mol. The standard InChI is InChI=1S/C19H21F3N4O4/c1-18-8-6-16(29)26(18)13-5-3-2-4-12(13)17(30)25(18)9-7-14(27)23-10-15(28)24-11-19(20,21)22/h2-5H,6-11H2,1H3,(H,23,27)(H,24,28)/t18-/m0/s1. The van der Waals surface area contributed by atoms with Gasteiger partial charge < -0.3 is 15.5 Å². The Bertz CT molecular complexity index is 889. The molecule has 162 valence electrons. The molecule has 1 saturated heterocycles. The molecular weight excluding hydrogens is 405 g/mol. The van der Waals surface area contributed by atoms with Crippen LogP contribution in [0.15, 0.2) is 24.3 Å². The first-order valence-corrected chi connectivity index (χ1v) is 9.37. The SMILES string of the molecule is C[C@@]12CCC(=O)N1c1ccccc1C(=O)N2CCC(=O)NCC(=O)NCC(F)(F)F. The minimum absolute atomic E-state index is 0.0105. The minimum atomic E-state index is -4.54. The molecule has 30 heavy (non-hydrogen) atoms. The zero-order chi connectivity index (χ0) is 22.1. The molecule has 4 amide bonds. The third-order valence-corrected chi connectivity index (χ3v) is 5.24. The Labute approximate surface area is 170 Å². The van der Waals surface area contributed by atoms with E-state index >= 15 is 0 Å². The third kappa shape index (κ3) is 4.24. The lowest BCUT2D eigenvalue weighted by Crippen LogP contribution is -2.62. The van der Waals surface area contributed by atoms with Crippen molar-refractivity contribution in [2.45, 2.75) is 38.0 Å². The summed E-state index contributed by atoms with van der Waals surface area (Å²) in [7, 11) is 0. The monoisotopic (exact) mass is 426 g/mol. The summed E-state index contributed by atoms with van der Waals surface area (Å²) in [5, 5.41) is 3.89. The van der Waals surface area contributed by atoms with Crippen molar-refractivity contribution in [1.82, 2.24) is 15.5 Å². The highest BCUT2D eigenvalue weighted by Crippen LogP contribution is 2.43. The smallest absolute Gasteiger partial charge is 0.347 e. The van der Waals surface area contributed by atoms with Gasteiger partial charge in [0.2, 0.25) is 17.7 Å². The number of halogens is 3. The molecule has 1 fully saturated rings. The van der Waals surface area contributed by atoms with Crippen LogP contribution in [0.25, 0.3) is 0 Å². The van der Waals surface area contributed by atoms with Gasteiger partial charge in [-0.2, -0.15) is 13.2 Å². The molecule has 1 atom stereocenters. The van der Waals surface area contributed by atoms with E-state index in [-0.39, 0.29) is 31.2 Å². The molecule has 0 spiro atoms. The molecule has 3 rings (SSSR count). The van der Waals surface area contributed by atoms with E-state index in [1.807, 2.05) is 0 Å². The van der Waals surface area contributed by atoms with Crippen molar-refractivity contribution in [2.75, 3.05) is 24.5 Å². The van der Waals surface area contributed by atoms with Crippen LogP contribution < -0.4 is 15.5 Å². The van der Waals surface area contributed by atoms with Gasteiger partial charge in [0.05, 0.1) is 17.8 Å². The van der Waals surface area contributed by atoms with Gasteiger partial charge in [-0.05, 0) is 25.5 Å². The number of nitrogens with zero attached hydrogens (tertiary/aromatic N) is 2. The first kappa shape index (κ1) is 21.6. The Kier molecular flexibility index (Phi) is 5.73. The highest BCUT2D eigenvalue weighted by Gasteiger charge is 2.52. The number of carbonyl (C=O) groups is 4. The van der Waals surface area contributed by atoms with Crippen LogP contribution in [0.1, 0.15) is 36.5 Å². The normalized spacial score (nSPS) is 20.7. The van der Waals surface area contributed by atoms with Gasteiger partial charge in [0.25, 0.3) is 5.91 Å². The molecule has 8 nitrogen and oxygen atoms in total. The molecule has 2 heterocycles. The summed E-state index contributed by atoms with van der Waals surface area (Å²) in [5.41, 5.74) is -0.0147. The second kappa shape index (κ2) is 7.96. The number of anilines is 1. The van der Waals surface area contributed by atoms with Crippen molar-refractivity contribution in [2.24, 2.45) is 0 Å². The van der Waals surface area contributed by atoms with Crippen LogP contribution in [0.4, 0.5) is 18.9 Å². The summed E-state index contributed by atoms with van der Waals surface area (Å²) in [4.78, 5) is 52.0.